The van der Waals surface area contributed by atoms with E-state index in [1.54, 1.807) is 6.20 Å². The number of carbonyl (C=O) groups is 1. The van der Waals surface area contributed by atoms with Crippen molar-refractivity contribution < 1.29 is 9.90 Å². The van der Waals surface area contributed by atoms with Gasteiger partial charge in [0.2, 0.25) is 0 Å². The molecule has 1 aromatic rings. The van der Waals surface area contributed by atoms with Crippen LogP contribution in [0, 0.1) is 0 Å². The van der Waals surface area contributed by atoms with Crippen molar-refractivity contribution in [1.29, 1.82) is 0 Å². The monoisotopic (exact) mass is 168 g/mol. The van der Waals surface area contributed by atoms with Gasteiger partial charge in [0, 0.05) is 12.1 Å². The van der Waals surface area contributed by atoms with E-state index in [9.17, 15) is 4.79 Å². The van der Waals surface area contributed by atoms with Crippen LogP contribution in [0.1, 0.15) is 24.6 Å². The Balaban J connectivity index is 2.56. The molecule has 1 rings (SSSR count). The maximum Gasteiger partial charge on any atom is 0.303 e. The summed E-state index contributed by atoms with van der Waals surface area (Å²) in [5.41, 5.74) is 2.05. The van der Waals surface area contributed by atoms with Crippen molar-refractivity contribution >= 4 is 5.97 Å². The Hall–Kier alpha value is -1.32. The number of aromatic nitrogens is 2. The molecule has 0 aliphatic rings. The van der Waals surface area contributed by atoms with Gasteiger partial charge in [0.25, 0.3) is 0 Å². The van der Waals surface area contributed by atoms with E-state index < -0.39 is 5.97 Å². The lowest BCUT2D eigenvalue weighted by atomic mass is 10.1. The minimum atomic E-state index is -0.766. The molecule has 0 aromatic carbocycles. The van der Waals surface area contributed by atoms with Gasteiger partial charge in [-0.3, -0.25) is 9.89 Å². The average molecular weight is 168 g/mol. The topological polar surface area (TPSA) is 66.0 Å². The normalized spacial score (nSPS) is 10.1. The highest BCUT2D eigenvalue weighted by Crippen LogP contribution is 2.07. The third kappa shape index (κ3) is 2.08. The number of carboxylic acid groups (broad SMARTS) is 1. The first-order valence-corrected chi connectivity index (χ1v) is 3.97. The minimum absolute atomic E-state index is 0.173. The van der Waals surface area contributed by atoms with Crippen LogP contribution in [-0.4, -0.2) is 21.3 Å². The number of rotatable bonds is 4. The van der Waals surface area contributed by atoms with Crippen LogP contribution in [0.25, 0.3) is 0 Å². The Kier molecular flexibility index (Phi) is 2.85. The van der Waals surface area contributed by atoms with E-state index in [1.807, 2.05) is 6.92 Å². The Morgan fingerprint density at radius 3 is 3.08 bits per heavy atom. The molecule has 0 saturated heterocycles. The molecular weight excluding hydrogens is 156 g/mol. The van der Waals surface area contributed by atoms with Gasteiger partial charge in [0.15, 0.2) is 0 Å². The van der Waals surface area contributed by atoms with Crippen LogP contribution in [0.3, 0.4) is 0 Å². The van der Waals surface area contributed by atoms with Crippen LogP contribution < -0.4 is 0 Å². The Morgan fingerprint density at radius 1 is 1.75 bits per heavy atom. The fourth-order valence-corrected chi connectivity index (χ4v) is 1.10. The number of hydrogen-bond donors (Lipinski definition) is 2. The SMILES string of the molecule is CCc1[nH]ncc1CCC(=O)O. The summed E-state index contributed by atoms with van der Waals surface area (Å²) in [6.07, 6.45) is 3.30. The molecule has 0 aliphatic heterocycles. The molecule has 66 valence electrons. The fraction of sp³-hybridized carbons (Fsp3) is 0.500. The lowest BCUT2D eigenvalue weighted by Crippen LogP contribution is -1.98. The molecule has 0 fully saturated rings. The van der Waals surface area contributed by atoms with Crippen molar-refractivity contribution in [3.05, 3.63) is 17.5 Å². The van der Waals surface area contributed by atoms with Crippen molar-refractivity contribution in [3.63, 3.8) is 0 Å². The molecule has 1 heterocycles. The summed E-state index contributed by atoms with van der Waals surface area (Å²) in [6, 6.07) is 0. The van der Waals surface area contributed by atoms with Crippen molar-refractivity contribution in [1.82, 2.24) is 10.2 Å². The van der Waals surface area contributed by atoms with Gasteiger partial charge in [-0.2, -0.15) is 5.10 Å². The van der Waals surface area contributed by atoms with Crippen molar-refractivity contribution in [2.75, 3.05) is 0 Å². The quantitative estimate of drug-likeness (QED) is 0.704. The van der Waals surface area contributed by atoms with Gasteiger partial charge in [-0.05, 0) is 18.4 Å². The Labute approximate surface area is 70.6 Å². The Bertz CT molecular complexity index is 268. The first-order chi connectivity index (χ1) is 5.74. The van der Waals surface area contributed by atoms with Crippen molar-refractivity contribution in [3.8, 4) is 0 Å². The van der Waals surface area contributed by atoms with E-state index in [1.165, 1.54) is 0 Å². The maximum atomic E-state index is 10.3. The summed E-state index contributed by atoms with van der Waals surface area (Å²) < 4.78 is 0. The summed E-state index contributed by atoms with van der Waals surface area (Å²) in [6.45, 7) is 2.01. The van der Waals surface area contributed by atoms with Gasteiger partial charge < -0.3 is 5.11 Å². The van der Waals surface area contributed by atoms with E-state index in [-0.39, 0.29) is 6.42 Å². The molecule has 0 bridgehead atoms. The molecule has 4 nitrogen and oxygen atoms in total. The van der Waals surface area contributed by atoms with Crippen LogP contribution in [0.2, 0.25) is 0 Å². The molecule has 1 aromatic heterocycles. The first-order valence-electron chi connectivity index (χ1n) is 3.97. The van der Waals surface area contributed by atoms with Gasteiger partial charge >= 0.3 is 5.97 Å². The number of nitrogens with one attached hydrogen (secondary N) is 1. The third-order valence-corrected chi connectivity index (χ3v) is 1.77. The van der Waals surface area contributed by atoms with E-state index in [2.05, 4.69) is 10.2 Å². The molecule has 0 aliphatic carbocycles. The highest BCUT2D eigenvalue weighted by atomic mass is 16.4. The van der Waals surface area contributed by atoms with Crippen molar-refractivity contribution in [2.45, 2.75) is 26.2 Å². The van der Waals surface area contributed by atoms with Gasteiger partial charge in [-0.1, -0.05) is 6.92 Å². The van der Waals surface area contributed by atoms with Crippen molar-refractivity contribution in [2.24, 2.45) is 0 Å². The smallest absolute Gasteiger partial charge is 0.303 e. The number of aromatic amines is 1. The molecule has 12 heavy (non-hydrogen) atoms. The van der Waals surface area contributed by atoms with E-state index in [4.69, 9.17) is 5.11 Å². The molecule has 4 heteroatoms. The summed E-state index contributed by atoms with van der Waals surface area (Å²) in [5, 5.41) is 15.1. The average Bonchev–Trinajstić information content (AvgIpc) is 2.47. The van der Waals surface area contributed by atoms with Gasteiger partial charge in [0.1, 0.15) is 0 Å². The first kappa shape index (κ1) is 8.77. The molecule has 0 saturated carbocycles. The molecule has 0 atom stereocenters. The predicted octanol–water partition coefficient (Wildman–Crippen LogP) is 0.989. The second kappa shape index (κ2) is 3.90. The summed E-state index contributed by atoms with van der Waals surface area (Å²) >= 11 is 0. The second-order valence-corrected chi connectivity index (χ2v) is 2.62. The largest absolute Gasteiger partial charge is 0.481 e. The molecule has 0 spiro atoms. The van der Waals surface area contributed by atoms with E-state index >= 15 is 0 Å². The highest BCUT2D eigenvalue weighted by molar-refractivity contribution is 5.67. The highest BCUT2D eigenvalue weighted by Gasteiger charge is 2.04. The lowest BCUT2D eigenvalue weighted by molar-refractivity contribution is -0.136. The standard InChI is InChI=1S/C8H12N2O2/c1-2-7-6(5-9-10-7)3-4-8(11)12/h5H,2-4H2,1H3,(H,9,10)(H,11,12). The Morgan fingerprint density at radius 2 is 2.50 bits per heavy atom. The predicted molar refractivity (Wildman–Crippen MR) is 43.9 cm³/mol. The van der Waals surface area contributed by atoms with Crippen LogP contribution in [0.15, 0.2) is 6.20 Å². The third-order valence-electron chi connectivity index (χ3n) is 1.77. The molecular formula is C8H12N2O2. The number of H-pyrrole nitrogens is 1. The van der Waals surface area contributed by atoms with Crippen LogP contribution in [0.4, 0.5) is 0 Å². The second-order valence-electron chi connectivity index (χ2n) is 2.62. The molecule has 2 N–H and O–H groups in total. The number of nitrogens with zero attached hydrogens (tertiary/aromatic N) is 1. The lowest BCUT2D eigenvalue weighted by Gasteiger charge is -1.96. The zero-order chi connectivity index (χ0) is 8.97. The van der Waals surface area contributed by atoms with Gasteiger partial charge in [-0.15, -0.1) is 0 Å². The van der Waals surface area contributed by atoms with E-state index in [0.717, 1.165) is 17.7 Å². The molecule has 0 unspecified atom stereocenters. The maximum absolute atomic E-state index is 10.3. The molecule has 0 radical (unpaired) electrons. The van der Waals surface area contributed by atoms with Gasteiger partial charge in [-0.25, -0.2) is 0 Å². The zero-order valence-corrected chi connectivity index (χ0v) is 7.00. The zero-order valence-electron chi connectivity index (χ0n) is 7.00. The number of aryl methyl sites for hydroxylation is 2. The molecule has 0 amide bonds. The summed E-state index contributed by atoms with van der Waals surface area (Å²) in [5.74, 6) is -0.766. The van der Waals surface area contributed by atoms with Crippen LogP contribution in [0.5, 0.6) is 0 Å². The number of carboxylic acids is 1. The van der Waals surface area contributed by atoms with Gasteiger partial charge in [0.05, 0.1) is 6.20 Å². The van der Waals surface area contributed by atoms with Crippen LogP contribution in [-0.2, 0) is 17.6 Å². The summed E-state index contributed by atoms with van der Waals surface area (Å²) in [7, 11) is 0. The number of aliphatic carboxylic acids is 1. The fourth-order valence-electron chi connectivity index (χ4n) is 1.10. The van der Waals surface area contributed by atoms with E-state index in [0.29, 0.717) is 6.42 Å². The summed E-state index contributed by atoms with van der Waals surface area (Å²) in [4.78, 5) is 10.3. The van der Waals surface area contributed by atoms with Crippen LogP contribution >= 0.6 is 0 Å². The number of hydrogen-bond acceptors (Lipinski definition) is 2. The minimum Gasteiger partial charge on any atom is -0.481 e.